The third-order valence-corrected chi connectivity index (χ3v) is 6.00. The average Bonchev–Trinajstić information content (AvgIpc) is 2.43. The molecule has 5 heteroatoms. The van der Waals surface area contributed by atoms with Crippen LogP contribution < -0.4 is 5.84 Å². The van der Waals surface area contributed by atoms with Gasteiger partial charge in [0.25, 0.3) is 0 Å². The maximum absolute atomic E-state index is 11.7. The number of nitrogens with two attached hydrogens (primary N) is 1. The zero-order valence-electron chi connectivity index (χ0n) is 14.2. The van der Waals surface area contributed by atoms with Gasteiger partial charge in [0, 0.05) is 14.6 Å². The predicted molar refractivity (Wildman–Crippen MR) is 90.8 cm³/mol. The largest absolute Gasteiger partial charge is 0.449 e. The Morgan fingerprint density at radius 2 is 1.86 bits per heavy atom. The highest BCUT2D eigenvalue weighted by molar-refractivity contribution is 6.76. The number of rotatable bonds is 8. The van der Waals surface area contributed by atoms with E-state index in [4.69, 9.17) is 10.6 Å². The first kappa shape index (κ1) is 18.5. The van der Waals surface area contributed by atoms with Crippen LogP contribution in [0.2, 0.25) is 25.7 Å². The smallest absolute Gasteiger partial charge is 0.424 e. The molecule has 2 N–H and O–H groups in total. The second kappa shape index (κ2) is 9.46. The Hall–Kier alpha value is -0.553. The molecule has 0 atom stereocenters. The van der Waals surface area contributed by atoms with E-state index in [9.17, 15) is 4.79 Å². The van der Waals surface area contributed by atoms with Crippen LogP contribution in [0.15, 0.2) is 0 Å². The monoisotopic (exact) mass is 314 g/mol. The molecule has 0 bridgehead atoms. The summed E-state index contributed by atoms with van der Waals surface area (Å²) < 4.78 is 5.22. The summed E-state index contributed by atoms with van der Waals surface area (Å²) in [5.41, 5.74) is 0. The van der Waals surface area contributed by atoms with Crippen LogP contribution in [-0.4, -0.2) is 32.3 Å². The van der Waals surface area contributed by atoms with Gasteiger partial charge in [0.1, 0.15) is 0 Å². The number of unbranched alkanes of at least 4 members (excludes halogenated alkanes) is 1. The first-order chi connectivity index (χ1) is 9.88. The van der Waals surface area contributed by atoms with Crippen molar-refractivity contribution in [1.29, 1.82) is 0 Å². The molecule has 1 fully saturated rings. The van der Waals surface area contributed by atoms with E-state index in [0.29, 0.717) is 13.2 Å². The molecule has 0 radical (unpaired) electrons. The molecule has 0 aromatic rings. The lowest BCUT2D eigenvalue weighted by molar-refractivity contribution is 0.106. The second-order valence-corrected chi connectivity index (χ2v) is 13.2. The number of ether oxygens (including phenoxy) is 1. The SMILES string of the molecule is C[Si](C)(C)CCOC(=O)N(N)CCCCC1CCCCC1. The van der Waals surface area contributed by atoms with E-state index in [0.717, 1.165) is 18.4 Å². The van der Waals surface area contributed by atoms with E-state index >= 15 is 0 Å². The molecule has 1 aliphatic rings. The van der Waals surface area contributed by atoms with Crippen molar-refractivity contribution in [3.05, 3.63) is 0 Å². The van der Waals surface area contributed by atoms with E-state index in [1.807, 2.05) is 0 Å². The maximum atomic E-state index is 11.7. The fraction of sp³-hybridized carbons (Fsp3) is 0.938. The van der Waals surface area contributed by atoms with Crippen LogP contribution in [0.5, 0.6) is 0 Å². The fourth-order valence-electron chi connectivity index (χ4n) is 2.81. The van der Waals surface area contributed by atoms with Crippen LogP contribution in [0.4, 0.5) is 4.79 Å². The van der Waals surface area contributed by atoms with E-state index in [-0.39, 0.29) is 6.09 Å². The standard InChI is InChI=1S/C16H34N2O2Si/c1-21(2,3)14-13-20-16(19)18(17)12-8-7-11-15-9-5-4-6-10-15/h15H,4-14,17H2,1-3H3. The Kier molecular flexibility index (Phi) is 8.33. The van der Waals surface area contributed by atoms with Crippen molar-refractivity contribution < 1.29 is 9.53 Å². The average molecular weight is 315 g/mol. The van der Waals surface area contributed by atoms with E-state index in [1.54, 1.807) is 0 Å². The second-order valence-electron chi connectivity index (χ2n) is 7.62. The number of hydrazine groups is 1. The molecule has 1 saturated carbocycles. The summed E-state index contributed by atoms with van der Waals surface area (Å²) in [5, 5.41) is 1.24. The van der Waals surface area contributed by atoms with Crippen molar-refractivity contribution >= 4 is 14.2 Å². The third-order valence-electron chi connectivity index (χ3n) is 4.30. The minimum atomic E-state index is -1.15. The summed E-state index contributed by atoms with van der Waals surface area (Å²) in [6.07, 6.45) is 10.1. The topological polar surface area (TPSA) is 55.6 Å². The van der Waals surface area contributed by atoms with Gasteiger partial charge in [0.2, 0.25) is 0 Å². The summed E-state index contributed by atoms with van der Waals surface area (Å²) >= 11 is 0. The minimum Gasteiger partial charge on any atom is -0.449 e. The van der Waals surface area contributed by atoms with Gasteiger partial charge in [-0.05, 0) is 18.4 Å². The molecule has 1 rings (SSSR count). The molecular weight excluding hydrogens is 280 g/mol. The molecule has 4 nitrogen and oxygen atoms in total. The van der Waals surface area contributed by atoms with E-state index in [2.05, 4.69) is 19.6 Å². The number of amides is 1. The Morgan fingerprint density at radius 1 is 1.19 bits per heavy atom. The summed E-state index contributed by atoms with van der Waals surface area (Å²) in [4.78, 5) is 11.7. The minimum absolute atomic E-state index is 0.370. The molecule has 0 aliphatic heterocycles. The van der Waals surface area contributed by atoms with Crippen LogP contribution >= 0.6 is 0 Å². The van der Waals surface area contributed by atoms with Gasteiger partial charge < -0.3 is 4.74 Å². The predicted octanol–water partition coefficient (Wildman–Crippen LogP) is 4.39. The lowest BCUT2D eigenvalue weighted by Gasteiger charge is -2.22. The van der Waals surface area contributed by atoms with Gasteiger partial charge in [-0.25, -0.2) is 15.6 Å². The van der Waals surface area contributed by atoms with Gasteiger partial charge in [-0.1, -0.05) is 64.6 Å². The Labute approximate surface area is 131 Å². The van der Waals surface area contributed by atoms with Crippen LogP contribution in [-0.2, 0) is 4.74 Å². The van der Waals surface area contributed by atoms with Crippen molar-refractivity contribution in [3.8, 4) is 0 Å². The highest BCUT2D eigenvalue weighted by Crippen LogP contribution is 2.27. The molecule has 1 amide bonds. The quantitative estimate of drug-likeness (QED) is 0.238. The molecular formula is C16H34N2O2Si. The molecule has 0 heterocycles. The van der Waals surface area contributed by atoms with Gasteiger partial charge in [0.05, 0.1) is 6.61 Å². The number of carbonyl (C=O) groups is 1. The molecule has 124 valence electrons. The normalized spacial score (nSPS) is 16.8. The Balaban J connectivity index is 2.03. The number of hydrogen-bond donors (Lipinski definition) is 1. The zero-order chi connectivity index (χ0) is 15.7. The molecule has 0 aromatic heterocycles. The van der Waals surface area contributed by atoms with Gasteiger partial charge in [-0.15, -0.1) is 0 Å². The van der Waals surface area contributed by atoms with E-state index < -0.39 is 8.07 Å². The number of carbonyl (C=O) groups excluding carboxylic acids is 1. The van der Waals surface area contributed by atoms with Crippen molar-refractivity contribution in [2.24, 2.45) is 11.8 Å². The summed E-state index contributed by atoms with van der Waals surface area (Å²) in [6, 6.07) is 0.994. The van der Waals surface area contributed by atoms with Gasteiger partial charge in [0.15, 0.2) is 0 Å². The lowest BCUT2D eigenvalue weighted by atomic mass is 9.86. The van der Waals surface area contributed by atoms with Crippen LogP contribution in [0.25, 0.3) is 0 Å². The third kappa shape index (κ3) is 9.14. The first-order valence-electron chi connectivity index (χ1n) is 8.57. The zero-order valence-corrected chi connectivity index (χ0v) is 15.2. The van der Waals surface area contributed by atoms with Gasteiger partial charge >= 0.3 is 6.09 Å². The summed E-state index contributed by atoms with van der Waals surface area (Å²) in [6.45, 7) is 7.92. The van der Waals surface area contributed by atoms with Gasteiger partial charge in [-0.3, -0.25) is 0 Å². The molecule has 0 aromatic carbocycles. The van der Waals surface area contributed by atoms with Gasteiger partial charge in [-0.2, -0.15) is 0 Å². The summed E-state index contributed by atoms with van der Waals surface area (Å²) in [5.74, 6) is 6.67. The van der Waals surface area contributed by atoms with Crippen LogP contribution in [0.3, 0.4) is 0 Å². The van der Waals surface area contributed by atoms with Crippen molar-refractivity contribution in [2.45, 2.75) is 77.1 Å². The molecule has 1 aliphatic carbocycles. The molecule has 21 heavy (non-hydrogen) atoms. The maximum Gasteiger partial charge on any atom is 0.424 e. The van der Waals surface area contributed by atoms with Crippen molar-refractivity contribution in [1.82, 2.24) is 5.01 Å². The first-order valence-corrected chi connectivity index (χ1v) is 12.3. The number of nitrogens with zero attached hydrogens (tertiary/aromatic N) is 1. The summed E-state index contributed by atoms with van der Waals surface area (Å²) in [7, 11) is -1.15. The van der Waals surface area contributed by atoms with Crippen molar-refractivity contribution in [2.75, 3.05) is 13.2 Å². The lowest BCUT2D eigenvalue weighted by Crippen LogP contribution is -2.39. The highest BCUT2D eigenvalue weighted by atomic mass is 28.3. The molecule has 0 spiro atoms. The highest BCUT2D eigenvalue weighted by Gasteiger charge is 2.16. The van der Waals surface area contributed by atoms with Crippen LogP contribution in [0, 0.1) is 5.92 Å². The Morgan fingerprint density at radius 3 is 2.48 bits per heavy atom. The fourth-order valence-corrected chi connectivity index (χ4v) is 3.52. The van der Waals surface area contributed by atoms with Crippen molar-refractivity contribution in [3.63, 3.8) is 0 Å². The van der Waals surface area contributed by atoms with Crippen LogP contribution in [0.1, 0.15) is 51.4 Å². The number of hydrogen-bond acceptors (Lipinski definition) is 3. The Bertz CT molecular complexity index is 299. The molecule has 0 unspecified atom stereocenters. The van der Waals surface area contributed by atoms with E-state index in [1.165, 1.54) is 50.0 Å². The molecule has 0 saturated heterocycles.